The van der Waals surface area contributed by atoms with Gasteiger partial charge in [0.25, 0.3) is 0 Å². The summed E-state index contributed by atoms with van der Waals surface area (Å²) in [6.07, 6.45) is 2.10. The molecule has 0 bridgehead atoms. The molecule has 1 aromatic rings. The minimum Gasteiger partial charge on any atom is -0.300 e. The second kappa shape index (κ2) is 6.50. The van der Waals surface area contributed by atoms with Crippen LogP contribution in [0.15, 0.2) is 30.3 Å². The Morgan fingerprint density at radius 3 is 2.65 bits per heavy atom. The van der Waals surface area contributed by atoms with Crippen molar-refractivity contribution >= 4 is 15.8 Å². The van der Waals surface area contributed by atoms with Crippen LogP contribution in [0.5, 0.6) is 0 Å². The number of hydrogen-bond donors (Lipinski definition) is 0. The van der Waals surface area contributed by atoms with Crippen LogP contribution in [0.3, 0.4) is 0 Å². The summed E-state index contributed by atoms with van der Waals surface area (Å²) >= 11 is 0. The van der Waals surface area contributed by atoms with Gasteiger partial charge in [-0.3, -0.25) is 4.79 Å². The molecule has 2 rings (SSSR count). The van der Waals surface area contributed by atoms with Gasteiger partial charge in [-0.25, -0.2) is 12.7 Å². The maximum atomic E-state index is 12.3. The lowest BCUT2D eigenvalue weighted by Gasteiger charge is -2.30. The first kappa shape index (κ1) is 15.2. The third-order valence-corrected chi connectivity index (χ3v) is 5.68. The topological polar surface area (TPSA) is 54.5 Å². The average Bonchev–Trinajstić information content (AvgIpc) is 2.46. The molecule has 0 spiro atoms. The first-order valence-corrected chi connectivity index (χ1v) is 8.62. The van der Waals surface area contributed by atoms with Crippen molar-refractivity contribution in [3.05, 3.63) is 35.9 Å². The van der Waals surface area contributed by atoms with Gasteiger partial charge in [-0.1, -0.05) is 30.3 Å². The van der Waals surface area contributed by atoms with E-state index in [1.54, 1.807) is 6.92 Å². The average molecular weight is 295 g/mol. The number of nitrogens with zero attached hydrogens (tertiary/aromatic N) is 1. The molecular formula is C15H21NO3S. The monoisotopic (exact) mass is 295 g/mol. The smallest absolute Gasteiger partial charge is 0.214 e. The molecule has 0 radical (unpaired) electrons. The summed E-state index contributed by atoms with van der Waals surface area (Å²) in [5, 5.41) is 0. The molecule has 1 aliphatic heterocycles. The van der Waals surface area contributed by atoms with Crippen LogP contribution < -0.4 is 0 Å². The third-order valence-electron chi connectivity index (χ3n) is 3.84. The Kier molecular flexibility index (Phi) is 4.94. The van der Waals surface area contributed by atoms with E-state index in [-0.39, 0.29) is 17.5 Å². The standard InChI is InChI=1S/C15H21NO3S/c1-13(17)15-8-5-10-16(12-15)20(18,19)11-9-14-6-3-2-4-7-14/h2-4,6-7,15H,5,8-12H2,1H3. The van der Waals surface area contributed by atoms with Crippen LogP contribution >= 0.6 is 0 Å². The van der Waals surface area contributed by atoms with Gasteiger partial charge >= 0.3 is 0 Å². The Balaban J connectivity index is 1.97. The predicted molar refractivity (Wildman–Crippen MR) is 78.9 cm³/mol. The molecule has 110 valence electrons. The second-order valence-electron chi connectivity index (χ2n) is 5.36. The molecule has 1 heterocycles. The zero-order valence-electron chi connectivity index (χ0n) is 11.8. The minimum atomic E-state index is -3.27. The van der Waals surface area contributed by atoms with E-state index in [4.69, 9.17) is 0 Å². The van der Waals surface area contributed by atoms with E-state index >= 15 is 0 Å². The van der Waals surface area contributed by atoms with Gasteiger partial charge in [0.15, 0.2) is 0 Å². The van der Waals surface area contributed by atoms with E-state index in [0.29, 0.717) is 19.5 Å². The second-order valence-corrected chi connectivity index (χ2v) is 7.45. The van der Waals surface area contributed by atoms with Crippen molar-refractivity contribution in [1.82, 2.24) is 4.31 Å². The van der Waals surface area contributed by atoms with Crippen molar-refractivity contribution in [3.63, 3.8) is 0 Å². The van der Waals surface area contributed by atoms with Crippen LogP contribution in [0.25, 0.3) is 0 Å². The quantitative estimate of drug-likeness (QED) is 0.833. The van der Waals surface area contributed by atoms with Crippen LogP contribution in [0.4, 0.5) is 0 Å². The summed E-state index contributed by atoms with van der Waals surface area (Å²) in [5.74, 6) is 0.0740. The van der Waals surface area contributed by atoms with Gasteiger partial charge in [0.05, 0.1) is 5.75 Å². The highest BCUT2D eigenvalue weighted by Gasteiger charge is 2.30. The van der Waals surface area contributed by atoms with Gasteiger partial charge in [0.2, 0.25) is 10.0 Å². The largest absolute Gasteiger partial charge is 0.300 e. The number of aryl methyl sites for hydroxylation is 1. The summed E-state index contributed by atoms with van der Waals surface area (Å²) in [6, 6.07) is 9.61. The van der Waals surface area contributed by atoms with E-state index in [0.717, 1.165) is 18.4 Å². The van der Waals surface area contributed by atoms with Crippen LogP contribution in [-0.2, 0) is 21.2 Å². The Morgan fingerprint density at radius 2 is 2.00 bits per heavy atom. The maximum absolute atomic E-state index is 12.3. The van der Waals surface area contributed by atoms with Gasteiger partial charge in [-0.2, -0.15) is 0 Å². The Labute approximate surface area is 120 Å². The number of benzene rings is 1. The van der Waals surface area contributed by atoms with Gasteiger partial charge in [-0.15, -0.1) is 0 Å². The zero-order chi connectivity index (χ0) is 14.6. The Hall–Kier alpha value is -1.20. The SMILES string of the molecule is CC(=O)C1CCCN(S(=O)(=O)CCc2ccccc2)C1. The van der Waals surface area contributed by atoms with Gasteiger partial charge in [0.1, 0.15) is 5.78 Å². The van der Waals surface area contributed by atoms with E-state index in [1.807, 2.05) is 30.3 Å². The van der Waals surface area contributed by atoms with E-state index < -0.39 is 10.0 Å². The molecule has 1 unspecified atom stereocenters. The van der Waals surface area contributed by atoms with Crippen molar-refractivity contribution < 1.29 is 13.2 Å². The summed E-state index contributed by atoms with van der Waals surface area (Å²) in [7, 11) is -3.27. The molecule has 0 saturated carbocycles. The normalized spacial score (nSPS) is 20.8. The molecule has 0 N–H and O–H groups in total. The lowest BCUT2D eigenvalue weighted by Crippen LogP contribution is -2.43. The fraction of sp³-hybridized carbons (Fsp3) is 0.533. The molecule has 0 aliphatic carbocycles. The number of piperidine rings is 1. The number of sulfonamides is 1. The number of rotatable bonds is 5. The van der Waals surface area contributed by atoms with Crippen LogP contribution in [-0.4, -0.2) is 37.3 Å². The molecule has 4 nitrogen and oxygen atoms in total. The van der Waals surface area contributed by atoms with Gasteiger partial charge in [0, 0.05) is 19.0 Å². The van der Waals surface area contributed by atoms with Gasteiger partial charge in [-0.05, 0) is 31.7 Å². The highest BCUT2D eigenvalue weighted by atomic mass is 32.2. The molecule has 0 amide bonds. The van der Waals surface area contributed by atoms with Crippen LogP contribution in [0, 0.1) is 5.92 Å². The number of hydrogen-bond acceptors (Lipinski definition) is 3. The predicted octanol–water partition coefficient (Wildman–Crippen LogP) is 1.86. The number of Topliss-reactive ketones (excluding diaryl/α,β-unsaturated/α-hetero) is 1. The first-order valence-electron chi connectivity index (χ1n) is 7.01. The molecule has 0 aromatic heterocycles. The maximum Gasteiger partial charge on any atom is 0.214 e. The summed E-state index contributed by atoms with van der Waals surface area (Å²) < 4.78 is 26.2. The summed E-state index contributed by atoms with van der Waals surface area (Å²) in [4.78, 5) is 11.4. The first-order chi connectivity index (χ1) is 9.49. The van der Waals surface area contributed by atoms with Crippen molar-refractivity contribution in [2.45, 2.75) is 26.2 Å². The van der Waals surface area contributed by atoms with E-state index in [9.17, 15) is 13.2 Å². The molecule has 20 heavy (non-hydrogen) atoms. The van der Waals surface area contributed by atoms with Gasteiger partial charge < -0.3 is 0 Å². The van der Waals surface area contributed by atoms with Crippen molar-refractivity contribution in [3.8, 4) is 0 Å². The summed E-state index contributed by atoms with van der Waals surface area (Å²) in [5.41, 5.74) is 1.02. The number of ketones is 1. The van der Waals surface area contributed by atoms with Crippen molar-refractivity contribution in [2.75, 3.05) is 18.8 Å². The molecule has 1 aromatic carbocycles. The van der Waals surface area contributed by atoms with E-state index in [2.05, 4.69) is 0 Å². The van der Waals surface area contributed by atoms with Crippen LogP contribution in [0.1, 0.15) is 25.3 Å². The van der Waals surface area contributed by atoms with Crippen molar-refractivity contribution in [2.24, 2.45) is 5.92 Å². The molecule has 5 heteroatoms. The number of carbonyl (C=O) groups excluding carboxylic acids is 1. The summed E-state index contributed by atoms with van der Waals surface area (Å²) in [6.45, 7) is 2.44. The van der Waals surface area contributed by atoms with E-state index in [1.165, 1.54) is 4.31 Å². The molecule has 1 fully saturated rings. The van der Waals surface area contributed by atoms with Crippen LogP contribution in [0.2, 0.25) is 0 Å². The van der Waals surface area contributed by atoms with Crippen molar-refractivity contribution in [1.29, 1.82) is 0 Å². The molecule has 1 atom stereocenters. The fourth-order valence-corrected chi connectivity index (χ4v) is 4.11. The Bertz CT molecular complexity index is 554. The Morgan fingerprint density at radius 1 is 1.30 bits per heavy atom. The molecule has 1 aliphatic rings. The number of carbonyl (C=O) groups is 1. The third kappa shape index (κ3) is 3.90. The minimum absolute atomic E-state index is 0.0907. The lowest BCUT2D eigenvalue weighted by atomic mass is 9.96. The zero-order valence-corrected chi connectivity index (χ0v) is 12.6. The molecular weight excluding hydrogens is 274 g/mol. The highest BCUT2D eigenvalue weighted by molar-refractivity contribution is 7.89. The highest BCUT2D eigenvalue weighted by Crippen LogP contribution is 2.20. The lowest BCUT2D eigenvalue weighted by molar-refractivity contribution is -0.121. The fourth-order valence-electron chi connectivity index (χ4n) is 2.55. The molecule has 1 saturated heterocycles.